The highest BCUT2D eigenvalue weighted by Gasteiger charge is 2.20. The topological polar surface area (TPSA) is 77.2 Å². The molecule has 0 fully saturated rings. The number of methoxy groups -OCH3 is 1. The maximum atomic E-state index is 11.9. The van der Waals surface area contributed by atoms with E-state index in [1.165, 1.54) is 0 Å². The van der Waals surface area contributed by atoms with Crippen LogP contribution in [0.15, 0.2) is 60.7 Å². The molecular weight excluding hydrogens is 342 g/mol. The number of para-hydroxylation sites is 1. The number of aromatic carboxylic acids is 1. The lowest BCUT2D eigenvalue weighted by Crippen LogP contribution is -2.02. The Balaban J connectivity index is 2.00. The smallest absolute Gasteiger partial charge is 0.336 e. The number of rotatable bonds is 4. The van der Waals surface area contributed by atoms with Gasteiger partial charge in [0.05, 0.1) is 35.1 Å². The lowest BCUT2D eigenvalue weighted by molar-refractivity contribution is 0.0699. The normalized spacial score (nSPS) is 10.9. The number of carboxylic acids is 1. The summed E-state index contributed by atoms with van der Waals surface area (Å²) in [6.07, 6.45) is 0. The Morgan fingerprint density at radius 2 is 1.78 bits per heavy atom. The summed E-state index contributed by atoms with van der Waals surface area (Å²) in [4.78, 5) is 16.6. The minimum atomic E-state index is -1.01. The van der Waals surface area contributed by atoms with Crippen molar-refractivity contribution in [1.29, 1.82) is 0 Å². The van der Waals surface area contributed by atoms with Crippen molar-refractivity contribution in [2.75, 3.05) is 7.11 Å². The predicted molar refractivity (Wildman–Crippen MR) is 103 cm³/mol. The first kappa shape index (κ1) is 16.8. The lowest BCUT2D eigenvalue weighted by Gasteiger charge is -2.08. The SMILES string of the molecule is COc1ccc(-c2cc(C(=O)O)c3c(C)nn(-c4ccccc4)c3n2)cc1. The molecule has 0 aliphatic rings. The average molecular weight is 359 g/mol. The summed E-state index contributed by atoms with van der Waals surface area (Å²) in [6, 6.07) is 18.5. The van der Waals surface area contributed by atoms with E-state index >= 15 is 0 Å². The molecule has 2 aromatic carbocycles. The van der Waals surface area contributed by atoms with Gasteiger partial charge >= 0.3 is 5.97 Å². The number of hydrogen-bond acceptors (Lipinski definition) is 4. The number of carbonyl (C=O) groups is 1. The standard InChI is InChI=1S/C21H17N3O3/c1-13-19-17(21(25)26)12-18(14-8-10-16(27-2)11-9-14)22-20(19)24(23-13)15-6-4-3-5-7-15/h3-12H,1-2H3,(H,25,26). The number of carboxylic acid groups (broad SMARTS) is 1. The van der Waals surface area contributed by atoms with Gasteiger partial charge in [0.25, 0.3) is 0 Å². The number of aromatic nitrogens is 3. The number of fused-ring (bicyclic) bond motifs is 1. The molecule has 0 aliphatic carbocycles. The van der Waals surface area contributed by atoms with E-state index in [1.54, 1.807) is 24.8 Å². The minimum Gasteiger partial charge on any atom is -0.497 e. The fourth-order valence-electron chi connectivity index (χ4n) is 3.12. The van der Waals surface area contributed by atoms with Crippen LogP contribution in [0.25, 0.3) is 28.0 Å². The zero-order valence-corrected chi connectivity index (χ0v) is 14.9. The molecule has 4 rings (SSSR count). The Morgan fingerprint density at radius 3 is 2.41 bits per heavy atom. The van der Waals surface area contributed by atoms with Crippen LogP contribution >= 0.6 is 0 Å². The highest BCUT2D eigenvalue weighted by atomic mass is 16.5. The summed E-state index contributed by atoms with van der Waals surface area (Å²) in [7, 11) is 1.60. The average Bonchev–Trinajstić information content (AvgIpc) is 3.04. The second-order valence-corrected chi connectivity index (χ2v) is 6.12. The Morgan fingerprint density at radius 1 is 1.07 bits per heavy atom. The number of ether oxygens (including phenoxy) is 1. The molecule has 0 amide bonds. The van der Waals surface area contributed by atoms with Crippen molar-refractivity contribution in [3.8, 4) is 22.7 Å². The van der Waals surface area contributed by atoms with E-state index in [4.69, 9.17) is 9.72 Å². The van der Waals surface area contributed by atoms with Gasteiger partial charge in [-0.15, -0.1) is 0 Å². The molecule has 0 saturated heterocycles. The van der Waals surface area contributed by atoms with Crippen molar-refractivity contribution >= 4 is 17.0 Å². The fraction of sp³-hybridized carbons (Fsp3) is 0.0952. The summed E-state index contributed by atoms with van der Waals surface area (Å²) in [5.74, 6) is -0.281. The molecule has 27 heavy (non-hydrogen) atoms. The van der Waals surface area contributed by atoms with Crippen molar-refractivity contribution in [3.05, 3.63) is 71.9 Å². The Bertz CT molecular complexity index is 1130. The largest absolute Gasteiger partial charge is 0.497 e. The van der Waals surface area contributed by atoms with Gasteiger partial charge in [-0.2, -0.15) is 5.10 Å². The van der Waals surface area contributed by atoms with Gasteiger partial charge in [0.1, 0.15) is 5.75 Å². The van der Waals surface area contributed by atoms with Gasteiger partial charge in [0, 0.05) is 5.56 Å². The third-order valence-electron chi connectivity index (χ3n) is 4.43. The molecule has 134 valence electrons. The van der Waals surface area contributed by atoms with Gasteiger partial charge in [-0.05, 0) is 49.4 Å². The molecule has 2 heterocycles. The van der Waals surface area contributed by atoms with E-state index in [2.05, 4.69) is 5.10 Å². The van der Waals surface area contributed by atoms with Crippen LogP contribution in [0.3, 0.4) is 0 Å². The quantitative estimate of drug-likeness (QED) is 0.593. The van der Waals surface area contributed by atoms with Crippen molar-refractivity contribution in [2.45, 2.75) is 6.92 Å². The first-order valence-electron chi connectivity index (χ1n) is 8.42. The van der Waals surface area contributed by atoms with Gasteiger partial charge in [0.2, 0.25) is 0 Å². The van der Waals surface area contributed by atoms with Gasteiger partial charge in [-0.3, -0.25) is 0 Å². The molecular formula is C21H17N3O3. The zero-order chi connectivity index (χ0) is 19.0. The van der Waals surface area contributed by atoms with E-state index in [9.17, 15) is 9.90 Å². The number of benzene rings is 2. The molecule has 6 heteroatoms. The van der Waals surface area contributed by atoms with Crippen LogP contribution in [0, 0.1) is 6.92 Å². The molecule has 2 aromatic heterocycles. The van der Waals surface area contributed by atoms with Gasteiger partial charge < -0.3 is 9.84 Å². The first-order chi connectivity index (χ1) is 13.1. The highest BCUT2D eigenvalue weighted by molar-refractivity contribution is 6.04. The van der Waals surface area contributed by atoms with Crippen LogP contribution in [0.2, 0.25) is 0 Å². The van der Waals surface area contributed by atoms with Crippen molar-refractivity contribution in [2.24, 2.45) is 0 Å². The Kier molecular flexibility index (Phi) is 4.08. The van der Waals surface area contributed by atoms with Crippen molar-refractivity contribution in [1.82, 2.24) is 14.8 Å². The van der Waals surface area contributed by atoms with Crippen LogP contribution in [0.4, 0.5) is 0 Å². The van der Waals surface area contributed by atoms with E-state index in [1.807, 2.05) is 54.6 Å². The summed E-state index contributed by atoms with van der Waals surface area (Å²) >= 11 is 0. The molecule has 0 spiro atoms. The Labute approximate surface area is 155 Å². The molecule has 0 atom stereocenters. The number of hydrogen-bond donors (Lipinski definition) is 1. The van der Waals surface area contributed by atoms with Gasteiger partial charge in [-0.25, -0.2) is 14.5 Å². The molecule has 1 N–H and O–H groups in total. The molecule has 4 aromatic rings. The second kappa shape index (κ2) is 6.57. The molecule has 0 unspecified atom stereocenters. The van der Waals surface area contributed by atoms with Gasteiger partial charge in [-0.1, -0.05) is 18.2 Å². The van der Waals surface area contributed by atoms with Crippen LogP contribution < -0.4 is 4.74 Å². The molecule has 0 aliphatic heterocycles. The number of aryl methyl sites for hydroxylation is 1. The van der Waals surface area contributed by atoms with Gasteiger partial charge in [0.15, 0.2) is 5.65 Å². The van der Waals surface area contributed by atoms with E-state index in [-0.39, 0.29) is 5.56 Å². The zero-order valence-electron chi connectivity index (χ0n) is 14.9. The first-order valence-corrected chi connectivity index (χ1v) is 8.42. The monoisotopic (exact) mass is 359 g/mol. The third-order valence-corrected chi connectivity index (χ3v) is 4.43. The number of pyridine rings is 1. The predicted octanol–water partition coefficient (Wildman–Crippen LogP) is 4.10. The summed E-state index contributed by atoms with van der Waals surface area (Å²) in [5, 5.41) is 14.8. The maximum absolute atomic E-state index is 11.9. The lowest BCUT2D eigenvalue weighted by atomic mass is 10.1. The Hall–Kier alpha value is -3.67. The van der Waals surface area contributed by atoms with E-state index < -0.39 is 5.97 Å². The molecule has 6 nitrogen and oxygen atoms in total. The minimum absolute atomic E-state index is 0.186. The third kappa shape index (κ3) is 2.91. The van der Waals surface area contributed by atoms with Crippen molar-refractivity contribution < 1.29 is 14.6 Å². The van der Waals surface area contributed by atoms with E-state index in [0.29, 0.717) is 22.4 Å². The van der Waals surface area contributed by atoms with Crippen molar-refractivity contribution in [3.63, 3.8) is 0 Å². The molecule has 0 radical (unpaired) electrons. The summed E-state index contributed by atoms with van der Waals surface area (Å²) < 4.78 is 6.87. The molecule has 0 bridgehead atoms. The maximum Gasteiger partial charge on any atom is 0.336 e. The van der Waals surface area contributed by atoms with Crippen LogP contribution in [0.1, 0.15) is 16.1 Å². The summed E-state index contributed by atoms with van der Waals surface area (Å²) in [5.41, 5.74) is 3.53. The number of nitrogens with zero attached hydrogens (tertiary/aromatic N) is 3. The van der Waals surface area contributed by atoms with Crippen LogP contribution in [0.5, 0.6) is 5.75 Å². The molecule has 0 saturated carbocycles. The summed E-state index contributed by atoms with van der Waals surface area (Å²) in [6.45, 7) is 1.79. The fourth-order valence-corrected chi connectivity index (χ4v) is 3.12. The van der Waals surface area contributed by atoms with E-state index in [0.717, 1.165) is 17.0 Å². The second-order valence-electron chi connectivity index (χ2n) is 6.12. The van der Waals surface area contributed by atoms with Crippen LogP contribution in [-0.4, -0.2) is 33.0 Å². The highest BCUT2D eigenvalue weighted by Crippen LogP contribution is 2.29. The van der Waals surface area contributed by atoms with Crippen LogP contribution in [-0.2, 0) is 0 Å².